The molecule has 11 heteroatoms. The largest absolute Gasteiger partial charge is 0.353 e. The van der Waals surface area contributed by atoms with E-state index in [9.17, 15) is 18.5 Å². The Labute approximate surface area is 198 Å². The van der Waals surface area contributed by atoms with Gasteiger partial charge in [-0.3, -0.25) is 10.1 Å². The summed E-state index contributed by atoms with van der Waals surface area (Å²) in [6, 6.07) is 14.1. The van der Waals surface area contributed by atoms with Gasteiger partial charge in [0.25, 0.3) is 0 Å². The van der Waals surface area contributed by atoms with Crippen molar-refractivity contribution in [2.75, 3.05) is 29.9 Å². The van der Waals surface area contributed by atoms with Crippen LogP contribution in [0.15, 0.2) is 59.8 Å². The summed E-state index contributed by atoms with van der Waals surface area (Å²) in [6.07, 6.45) is 2.06. The van der Waals surface area contributed by atoms with Gasteiger partial charge in [0.05, 0.1) is 9.82 Å². The van der Waals surface area contributed by atoms with Gasteiger partial charge in [0.15, 0.2) is 0 Å². The number of rotatable bonds is 8. The molecule has 0 atom stereocenters. The zero-order valence-electron chi connectivity index (χ0n) is 19.0. The fraction of sp³-hybridized carbons (Fsp3) is 0.304. The Morgan fingerprint density at radius 1 is 1.06 bits per heavy atom. The number of hydrogen-bond donors (Lipinski definition) is 1. The summed E-state index contributed by atoms with van der Waals surface area (Å²) >= 11 is 0. The lowest BCUT2D eigenvalue weighted by molar-refractivity contribution is -0.383. The molecule has 0 saturated heterocycles. The highest BCUT2D eigenvalue weighted by molar-refractivity contribution is 7.89. The number of nitrogens with zero attached hydrogens (tertiary/aromatic N) is 5. The molecule has 0 saturated carbocycles. The number of hydrogen-bond acceptors (Lipinski definition) is 8. The fourth-order valence-corrected chi connectivity index (χ4v) is 5.55. The summed E-state index contributed by atoms with van der Waals surface area (Å²) in [5.74, 6) is 0.297. The molecule has 1 aliphatic rings. The molecule has 1 N–H and O–H groups in total. The van der Waals surface area contributed by atoms with Crippen molar-refractivity contribution in [3.05, 3.63) is 76.1 Å². The average molecular weight is 483 g/mol. The third-order valence-electron chi connectivity index (χ3n) is 5.88. The molecule has 0 spiro atoms. The molecule has 10 nitrogen and oxygen atoms in total. The van der Waals surface area contributed by atoms with Crippen molar-refractivity contribution < 1.29 is 13.3 Å². The van der Waals surface area contributed by atoms with Gasteiger partial charge >= 0.3 is 5.69 Å². The first-order valence-corrected chi connectivity index (χ1v) is 12.5. The molecule has 1 aromatic heterocycles. The van der Waals surface area contributed by atoms with E-state index in [2.05, 4.69) is 21.4 Å². The van der Waals surface area contributed by atoms with Crippen LogP contribution in [-0.2, 0) is 23.0 Å². The third kappa shape index (κ3) is 4.57. The standard InChI is InChI=1S/C23H26N6O4S/c1-3-28(4-2)34(32,33)20-11-9-19(10-12-20)26-22-21(29(30)31)23(25-16-24-22)27-14-13-17-7-5-6-8-18(17)15-27/h5-12,16H,3-4,13-15H2,1-2H3,(H,24,25,26). The molecule has 3 aromatic rings. The van der Waals surface area contributed by atoms with Crippen LogP contribution in [0.4, 0.5) is 23.0 Å². The fourth-order valence-electron chi connectivity index (χ4n) is 4.10. The van der Waals surface area contributed by atoms with E-state index in [4.69, 9.17) is 0 Å². The number of aromatic nitrogens is 2. The molecule has 0 bridgehead atoms. The van der Waals surface area contributed by atoms with E-state index in [-0.39, 0.29) is 22.2 Å². The van der Waals surface area contributed by atoms with Crippen molar-refractivity contribution in [1.82, 2.24) is 14.3 Å². The Bertz CT molecular complexity index is 1290. The number of nitro groups is 1. The van der Waals surface area contributed by atoms with Crippen molar-refractivity contribution in [3.8, 4) is 0 Å². The molecule has 0 unspecified atom stereocenters. The Morgan fingerprint density at radius 2 is 1.74 bits per heavy atom. The summed E-state index contributed by atoms with van der Waals surface area (Å²) in [5.41, 5.74) is 2.60. The molecule has 4 rings (SSSR count). The monoisotopic (exact) mass is 482 g/mol. The van der Waals surface area contributed by atoms with Crippen LogP contribution < -0.4 is 10.2 Å². The Kier molecular flexibility index (Phi) is 6.75. The van der Waals surface area contributed by atoms with Crippen LogP contribution in [0.3, 0.4) is 0 Å². The smallest absolute Gasteiger partial charge is 0.346 e. The molecule has 0 radical (unpaired) electrons. The second kappa shape index (κ2) is 9.74. The van der Waals surface area contributed by atoms with Gasteiger partial charge in [-0.1, -0.05) is 38.1 Å². The van der Waals surface area contributed by atoms with Gasteiger partial charge in [-0.2, -0.15) is 4.31 Å². The topological polar surface area (TPSA) is 122 Å². The highest BCUT2D eigenvalue weighted by Gasteiger charge is 2.29. The van der Waals surface area contributed by atoms with Crippen LogP contribution in [0, 0.1) is 10.1 Å². The SMILES string of the molecule is CCN(CC)S(=O)(=O)c1ccc(Nc2ncnc(N3CCc4ccccc4C3)c2[N+](=O)[O-])cc1. The van der Waals surface area contributed by atoms with Crippen LogP contribution in [0.1, 0.15) is 25.0 Å². The normalized spacial score (nSPS) is 13.6. The summed E-state index contributed by atoms with van der Waals surface area (Å²) < 4.78 is 26.8. The number of anilines is 3. The van der Waals surface area contributed by atoms with E-state index >= 15 is 0 Å². The van der Waals surface area contributed by atoms with Crippen molar-refractivity contribution in [3.63, 3.8) is 0 Å². The van der Waals surface area contributed by atoms with Crippen molar-refractivity contribution in [1.29, 1.82) is 0 Å². The van der Waals surface area contributed by atoms with Gasteiger partial charge in [-0.05, 0) is 41.8 Å². The molecule has 34 heavy (non-hydrogen) atoms. The maximum atomic E-state index is 12.7. The summed E-state index contributed by atoms with van der Waals surface area (Å²) in [4.78, 5) is 21.9. The zero-order chi connectivity index (χ0) is 24.3. The van der Waals surface area contributed by atoms with E-state index in [0.29, 0.717) is 31.9 Å². The van der Waals surface area contributed by atoms with Crippen LogP contribution in [0.25, 0.3) is 0 Å². The van der Waals surface area contributed by atoms with Crippen molar-refractivity contribution in [2.24, 2.45) is 0 Å². The van der Waals surface area contributed by atoms with E-state index in [1.165, 1.54) is 28.3 Å². The molecule has 1 aliphatic heterocycles. The molecule has 0 fully saturated rings. The molecular weight excluding hydrogens is 456 g/mol. The summed E-state index contributed by atoms with van der Waals surface area (Å²) in [6.45, 7) is 5.43. The summed E-state index contributed by atoms with van der Waals surface area (Å²) in [7, 11) is -3.59. The predicted molar refractivity (Wildman–Crippen MR) is 130 cm³/mol. The lowest BCUT2D eigenvalue weighted by atomic mass is 10.00. The average Bonchev–Trinajstić information content (AvgIpc) is 2.84. The highest BCUT2D eigenvalue weighted by Crippen LogP contribution is 2.36. The van der Waals surface area contributed by atoms with Gasteiger partial charge in [0.1, 0.15) is 6.33 Å². The Balaban J connectivity index is 1.62. The molecule has 2 heterocycles. The third-order valence-corrected chi connectivity index (χ3v) is 7.94. The molecule has 178 valence electrons. The van der Waals surface area contributed by atoms with Gasteiger partial charge in [-0.25, -0.2) is 18.4 Å². The Morgan fingerprint density at radius 3 is 2.38 bits per heavy atom. The second-order valence-corrected chi connectivity index (χ2v) is 9.77. The van der Waals surface area contributed by atoms with Crippen LogP contribution in [0.2, 0.25) is 0 Å². The lowest BCUT2D eigenvalue weighted by Crippen LogP contribution is -2.31. The molecule has 2 aromatic carbocycles. The van der Waals surface area contributed by atoms with Gasteiger partial charge < -0.3 is 10.2 Å². The molecule has 0 amide bonds. The van der Waals surface area contributed by atoms with E-state index in [1.54, 1.807) is 26.0 Å². The van der Waals surface area contributed by atoms with Crippen molar-refractivity contribution in [2.45, 2.75) is 31.7 Å². The second-order valence-electron chi connectivity index (χ2n) is 7.83. The van der Waals surface area contributed by atoms with E-state index < -0.39 is 14.9 Å². The van der Waals surface area contributed by atoms with Crippen molar-refractivity contribution >= 4 is 33.0 Å². The van der Waals surface area contributed by atoms with E-state index in [1.807, 2.05) is 23.1 Å². The van der Waals surface area contributed by atoms with Gasteiger partial charge in [0, 0.05) is 31.9 Å². The highest BCUT2D eigenvalue weighted by atomic mass is 32.2. The number of sulfonamides is 1. The number of nitrogens with one attached hydrogen (secondary N) is 1. The van der Waals surface area contributed by atoms with Crippen LogP contribution in [-0.4, -0.2) is 47.2 Å². The van der Waals surface area contributed by atoms with Crippen LogP contribution >= 0.6 is 0 Å². The lowest BCUT2D eigenvalue weighted by Gasteiger charge is -2.29. The maximum Gasteiger partial charge on any atom is 0.353 e. The first-order chi connectivity index (χ1) is 16.3. The number of benzene rings is 2. The zero-order valence-corrected chi connectivity index (χ0v) is 19.8. The van der Waals surface area contributed by atoms with Gasteiger partial charge in [0.2, 0.25) is 21.7 Å². The Hall–Kier alpha value is -3.57. The van der Waals surface area contributed by atoms with Crippen LogP contribution in [0.5, 0.6) is 0 Å². The van der Waals surface area contributed by atoms with Gasteiger partial charge in [-0.15, -0.1) is 0 Å². The minimum atomic E-state index is -3.59. The first-order valence-electron chi connectivity index (χ1n) is 11.0. The molecular formula is C23H26N6O4S. The number of fused-ring (bicyclic) bond motifs is 1. The quantitative estimate of drug-likeness (QED) is 0.381. The van der Waals surface area contributed by atoms with E-state index in [0.717, 1.165) is 12.0 Å². The molecule has 0 aliphatic carbocycles. The summed E-state index contributed by atoms with van der Waals surface area (Å²) in [5, 5.41) is 15.0. The minimum Gasteiger partial charge on any atom is -0.346 e. The minimum absolute atomic E-state index is 0.0493. The maximum absolute atomic E-state index is 12.7. The predicted octanol–water partition coefficient (Wildman–Crippen LogP) is 3.72. The first kappa shape index (κ1) is 23.6.